The van der Waals surface area contributed by atoms with Crippen LogP contribution in [0.3, 0.4) is 0 Å². The first-order valence-corrected chi connectivity index (χ1v) is 21.1. The summed E-state index contributed by atoms with van der Waals surface area (Å²) in [7, 11) is -3.51. The molecule has 1 aromatic carbocycles. The van der Waals surface area contributed by atoms with Crippen LogP contribution in [0.2, 0.25) is 10.0 Å². The van der Waals surface area contributed by atoms with E-state index in [1.165, 1.54) is 43.2 Å². The largest absolute Gasteiger partial charge is 0.417 e. The molecular weight excluding hydrogens is 861 g/mol. The second-order valence-corrected chi connectivity index (χ2v) is 28.2. The Morgan fingerprint density at radius 1 is 1.18 bits per heavy atom. The maximum absolute atomic E-state index is 13.9. The smallest absolute Gasteiger partial charge is 0.363 e. The molecule has 0 saturated heterocycles. The van der Waals surface area contributed by atoms with Crippen LogP contribution in [0.15, 0.2) is 59.9 Å². The Labute approximate surface area is 267 Å². The van der Waals surface area contributed by atoms with Crippen LogP contribution in [-0.4, -0.2) is 42.0 Å². The highest BCUT2D eigenvalue weighted by atomic mass is 127. The van der Waals surface area contributed by atoms with Gasteiger partial charge in [0.1, 0.15) is 14.8 Å². The van der Waals surface area contributed by atoms with Crippen LogP contribution in [0.1, 0.15) is 21.6 Å². The Balaban J connectivity index is 1.87. The molecular formula is C22H14Cl2F3I2N4O4PS2. The van der Waals surface area contributed by atoms with Gasteiger partial charge in [-0.2, -0.15) is 13.2 Å². The van der Waals surface area contributed by atoms with E-state index in [-0.39, 0.29) is 22.0 Å². The average molecular weight is 875 g/mol. The third-order valence-electron chi connectivity index (χ3n) is 5.36. The highest BCUT2D eigenvalue weighted by Gasteiger charge is 2.37. The highest BCUT2D eigenvalue weighted by Crippen LogP contribution is 2.65. The Bertz CT molecular complexity index is 1710. The van der Waals surface area contributed by atoms with Crippen LogP contribution >= 0.6 is 81.3 Å². The molecule has 0 aliphatic carbocycles. The minimum Gasteiger partial charge on any atom is -0.363 e. The maximum atomic E-state index is 13.9. The summed E-state index contributed by atoms with van der Waals surface area (Å²) in [5.74, 6) is -0.717. The topological polar surface area (TPSA) is 94.4 Å². The average Bonchev–Trinajstić information content (AvgIpc) is 3.28. The Hall–Kier alpha value is -0.950. The number of sulfonamides is 1. The molecule has 0 atom stereocenters. The minimum atomic E-state index is -4.90. The number of fused-ring (bicyclic) bond motifs is 1. The predicted molar refractivity (Wildman–Crippen MR) is 168 cm³/mol. The fourth-order valence-corrected chi connectivity index (χ4v) is 10.2. The quantitative estimate of drug-likeness (QED) is 0.0723. The van der Waals surface area contributed by atoms with Crippen LogP contribution in [0.25, 0.3) is 11.0 Å². The minimum absolute atomic E-state index is 0.0109. The van der Waals surface area contributed by atoms with Crippen molar-refractivity contribution in [2.75, 3.05) is 18.1 Å². The molecule has 40 heavy (non-hydrogen) atoms. The zero-order valence-electron chi connectivity index (χ0n) is 19.7. The molecule has 0 N–H and O–H groups in total. The van der Waals surface area contributed by atoms with E-state index in [2.05, 4.69) is 54.0 Å². The second kappa shape index (κ2) is 12.7. The molecule has 0 unspecified atom stereocenters. The number of ether oxygens (including phenoxy) is 1. The number of carbonyl (C=O) groups is 1. The summed E-state index contributed by atoms with van der Waals surface area (Å²) in [6.45, 7) is -0.639. The Kier molecular flexibility index (Phi) is 10.2. The molecule has 0 radical (unpaired) electrons. The summed E-state index contributed by atoms with van der Waals surface area (Å²) in [6, 6.07) is 6.55. The van der Waals surface area contributed by atoms with Crippen LogP contribution in [0.4, 0.5) is 18.9 Å². The van der Waals surface area contributed by atoms with E-state index < -0.39 is 46.6 Å². The van der Waals surface area contributed by atoms with Gasteiger partial charge in [-0.25, -0.2) is 17.7 Å². The zero-order valence-corrected chi connectivity index (χ0v) is 28.1. The fraction of sp³-hybridized carbons (Fsp3) is 0.136. The van der Waals surface area contributed by atoms with E-state index >= 15 is 0 Å². The van der Waals surface area contributed by atoms with E-state index in [0.29, 0.717) is 21.4 Å². The lowest BCUT2D eigenvalue weighted by atomic mass is 10.0. The van der Waals surface area contributed by atoms with Gasteiger partial charge in [0, 0.05) is 42.7 Å². The van der Waals surface area contributed by atoms with Crippen LogP contribution < -0.4 is 4.31 Å². The molecule has 4 aromatic rings. The van der Waals surface area contributed by atoms with Gasteiger partial charge in [-0.3, -0.25) is 13.8 Å². The van der Waals surface area contributed by atoms with Crippen molar-refractivity contribution in [3.63, 3.8) is 0 Å². The van der Waals surface area contributed by atoms with E-state index in [0.717, 1.165) is 12.1 Å². The molecule has 0 spiro atoms. The van der Waals surface area contributed by atoms with Gasteiger partial charge >= 0.3 is 6.18 Å². The van der Waals surface area contributed by atoms with Gasteiger partial charge in [0.2, 0.25) is 5.78 Å². The predicted octanol–water partition coefficient (Wildman–Crippen LogP) is 8.38. The molecule has 0 bridgehead atoms. The molecule has 8 nitrogen and oxygen atoms in total. The molecule has 0 amide bonds. The van der Waals surface area contributed by atoms with Gasteiger partial charge < -0.3 is 4.74 Å². The number of carbonyl (C=O) groups excluding carboxylic acids is 1. The van der Waals surface area contributed by atoms with Crippen molar-refractivity contribution >= 4 is 114 Å². The van der Waals surface area contributed by atoms with Gasteiger partial charge in [0.15, 0.2) is 5.65 Å². The van der Waals surface area contributed by atoms with E-state index in [4.69, 9.17) is 27.9 Å². The summed E-state index contributed by atoms with van der Waals surface area (Å²) in [4.78, 5) is 21.7. The zero-order chi connectivity index (χ0) is 29.4. The maximum Gasteiger partial charge on any atom is 0.417 e. The van der Waals surface area contributed by atoms with E-state index in [1.807, 2.05) is 0 Å². The normalized spacial score (nSPS) is 12.3. The molecule has 4 rings (SSSR count). The van der Waals surface area contributed by atoms with Crippen molar-refractivity contribution in [1.29, 1.82) is 0 Å². The summed E-state index contributed by atoms with van der Waals surface area (Å²) in [5, 5.41) is -0.238. The standard InChI is InChI=1S/C22H14Cl2F3I2N4O4PS2/c1-37-11-33(40(35,36)12-4-5-15(23)14(9-12)22(25,26)27)17-3-2-7-30-19(17)20(34)18-13-6-8-32(39-38(28)29)21(13)31-10-16(18)24/h2-10H,11H2,1H3. The summed E-state index contributed by atoms with van der Waals surface area (Å²) in [5.41, 5.74) is -1.36. The first kappa shape index (κ1) is 32.0. The van der Waals surface area contributed by atoms with Crippen molar-refractivity contribution in [1.82, 2.24) is 13.9 Å². The molecule has 0 saturated carbocycles. The SMILES string of the molecule is COCN(c1cccnc1C(=O)c1c(Cl)cnc2c1ccn2SP(I)I)S(=O)(=O)c1ccc(Cl)c(C(F)(F)F)c1. The molecule has 3 aromatic heterocycles. The number of rotatable bonds is 9. The van der Waals surface area contributed by atoms with Crippen LogP contribution in [-0.2, 0) is 20.9 Å². The van der Waals surface area contributed by atoms with Crippen molar-refractivity contribution < 1.29 is 31.1 Å². The lowest BCUT2D eigenvalue weighted by Gasteiger charge is -2.25. The third kappa shape index (κ3) is 6.50. The van der Waals surface area contributed by atoms with Gasteiger partial charge in [0.25, 0.3) is 10.0 Å². The van der Waals surface area contributed by atoms with Gasteiger partial charge in [-0.05, 0) is 80.5 Å². The Morgan fingerprint density at radius 3 is 2.55 bits per heavy atom. The lowest BCUT2D eigenvalue weighted by Crippen LogP contribution is -2.34. The fourth-order valence-electron chi connectivity index (χ4n) is 3.69. The number of ketones is 1. The molecule has 212 valence electrons. The van der Waals surface area contributed by atoms with Crippen molar-refractivity contribution in [2.24, 2.45) is 0 Å². The molecule has 0 fully saturated rings. The number of aromatic nitrogens is 3. The van der Waals surface area contributed by atoms with Crippen molar-refractivity contribution in [3.8, 4) is 0 Å². The monoisotopic (exact) mass is 874 g/mol. The summed E-state index contributed by atoms with van der Waals surface area (Å²) < 4.78 is 74.9. The first-order chi connectivity index (χ1) is 18.8. The van der Waals surface area contributed by atoms with Gasteiger partial charge in [-0.15, -0.1) is 0 Å². The number of hydrogen-bond acceptors (Lipinski definition) is 7. The number of pyridine rings is 2. The number of nitrogens with zero attached hydrogens (tertiary/aromatic N) is 4. The second-order valence-electron chi connectivity index (χ2n) is 7.75. The number of halogens is 7. The first-order valence-electron chi connectivity index (χ1n) is 10.6. The summed E-state index contributed by atoms with van der Waals surface area (Å²) >= 11 is 18.2. The number of methoxy groups -OCH3 is 1. The number of benzene rings is 1. The molecule has 0 aliphatic heterocycles. The van der Waals surface area contributed by atoms with E-state index in [1.54, 1.807) is 16.2 Å². The van der Waals surface area contributed by atoms with Crippen molar-refractivity contribution in [3.05, 3.63) is 81.9 Å². The number of anilines is 1. The lowest BCUT2D eigenvalue weighted by molar-refractivity contribution is -0.137. The van der Waals surface area contributed by atoms with E-state index in [9.17, 15) is 26.4 Å². The molecule has 18 heteroatoms. The molecule has 3 heterocycles. The summed E-state index contributed by atoms with van der Waals surface area (Å²) in [6.07, 6.45) is -0.569. The van der Waals surface area contributed by atoms with Crippen molar-refractivity contribution in [2.45, 2.75) is 11.1 Å². The highest BCUT2D eigenvalue weighted by molar-refractivity contribution is 14.3. The van der Waals surface area contributed by atoms with Gasteiger partial charge in [0.05, 0.1) is 31.8 Å². The Morgan fingerprint density at radius 2 is 1.90 bits per heavy atom. The molecule has 0 aliphatic rings. The van der Waals surface area contributed by atoms with Gasteiger partial charge in [-0.1, -0.05) is 23.2 Å². The van der Waals surface area contributed by atoms with Crippen LogP contribution in [0, 0.1) is 0 Å². The number of hydrogen-bond donors (Lipinski definition) is 0. The van der Waals surface area contributed by atoms with Crippen LogP contribution in [0.5, 0.6) is 0 Å². The third-order valence-corrected chi connectivity index (χ3v) is 12.4. The number of alkyl halides is 3.